The summed E-state index contributed by atoms with van der Waals surface area (Å²) in [6, 6.07) is 10.1. The van der Waals surface area contributed by atoms with Crippen molar-refractivity contribution in [3.05, 3.63) is 45.8 Å². The van der Waals surface area contributed by atoms with Crippen molar-refractivity contribution >= 4 is 22.2 Å². The van der Waals surface area contributed by atoms with E-state index in [1.807, 2.05) is 24.3 Å². The predicted octanol–water partition coefficient (Wildman–Crippen LogP) is 5.74. The lowest BCUT2D eigenvalue weighted by molar-refractivity contribution is -0.122. The summed E-state index contributed by atoms with van der Waals surface area (Å²) < 4.78 is 5.79. The van der Waals surface area contributed by atoms with Gasteiger partial charge in [-0.1, -0.05) is 39.8 Å². The number of nitrogens with zero attached hydrogens (tertiary/aromatic N) is 1. The van der Waals surface area contributed by atoms with Gasteiger partial charge in [-0.05, 0) is 67.2 Å². The lowest BCUT2D eigenvalue weighted by Crippen LogP contribution is -2.30. The number of thiophene rings is 1. The van der Waals surface area contributed by atoms with Crippen LogP contribution in [0.15, 0.2) is 24.3 Å². The lowest BCUT2D eigenvalue weighted by Gasteiger charge is -2.33. The summed E-state index contributed by atoms with van der Waals surface area (Å²) in [5, 5.41) is 13.3. The maximum absolute atomic E-state index is 12.7. The van der Waals surface area contributed by atoms with Crippen molar-refractivity contribution in [2.75, 3.05) is 5.32 Å². The zero-order chi connectivity index (χ0) is 21.2. The van der Waals surface area contributed by atoms with Crippen LogP contribution in [0.2, 0.25) is 0 Å². The number of nitrogens with one attached hydrogen (secondary N) is 1. The van der Waals surface area contributed by atoms with E-state index < -0.39 is 6.10 Å². The highest BCUT2D eigenvalue weighted by atomic mass is 32.1. The van der Waals surface area contributed by atoms with Gasteiger partial charge >= 0.3 is 0 Å². The standard InChI is InChI=1S/C24H30N2O2S/c1-6-16-7-10-18(11-8-16)28-15(2)22(27)26-23-20(14-25)19-12-9-17(24(3,4)5)13-21(19)29-23/h7-8,10-11,15,17H,6,9,12-13H2,1-5H3,(H,26,27). The number of fused-ring (bicyclic) bond motifs is 1. The van der Waals surface area contributed by atoms with Crippen molar-refractivity contribution in [2.45, 2.75) is 66.4 Å². The van der Waals surface area contributed by atoms with Gasteiger partial charge < -0.3 is 10.1 Å². The Bertz CT molecular complexity index is 916. The molecule has 1 heterocycles. The molecule has 0 aliphatic heterocycles. The molecule has 2 aromatic rings. The second-order valence-corrected chi connectivity index (χ2v) is 9.98. The normalized spacial score (nSPS) is 17.2. The molecule has 1 aliphatic carbocycles. The highest BCUT2D eigenvalue weighted by molar-refractivity contribution is 7.16. The van der Waals surface area contributed by atoms with E-state index in [9.17, 15) is 10.1 Å². The van der Waals surface area contributed by atoms with Gasteiger partial charge in [0.25, 0.3) is 5.91 Å². The molecule has 2 unspecified atom stereocenters. The van der Waals surface area contributed by atoms with Crippen molar-refractivity contribution in [1.82, 2.24) is 0 Å². The first-order valence-electron chi connectivity index (χ1n) is 10.3. The topological polar surface area (TPSA) is 62.1 Å². The SMILES string of the molecule is CCc1ccc(OC(C)C(=O)Nc2sc3c(c2C#N)CCC(C(C)(C)C)C3)cc1. The van der Waals surface area contributed by atoms with Crippen LogP contribution in [0.25, 0.3) is 0 Å². The van der Waals surface area contributed by atoms with Crippen LogP contribution in [0.4, 0.5) is 5.00 Å². The van der Waals surface area contributed by atoms with Crippen LogP contribution in [0.3, 0.4) is 0 Å². The lowest BCUT2D eigenvalue weighted by atomic mass is 9.72. The second kappa shape index (κ2) is 8.59. The maximum Gasteiger partial charge on any atom is 0.265 e. The molecule has 1 amide bonds. The van der Waals surface area contributed by atoms with Crippen molar-refractivity contribution < 1.29 is 9.53 Å². The van der Waals surface area contributed by atoms with Gasteiger partial charge in [0.2, 0.25) is 0 Å². The minimum absolute atomic E-state index is 0.230. The van der Waals surface area contributed by atoms with Crippen LogP contribution in [-0.4, -0.2) is 12.0 Å². The van der Waals surface area contributed by atoms with Gasteiger partial charge in [0.05, 0.1) is 5.56 Å². The van der Waals surface area contributed by atoms with E-state index in [-0.39, 0.29) is 11.3 Å². The van der Waals surface area contributed by atoms with Crippen LogP contribution in [0.1, 0.15) is 62.6 Å². The average molecular weight is 411 g/mol. The van der Waals surface area contributed by atoms with E-state index in [0.29, 0.717) is 22.2 Å². The predicted molar refractivity (Wildman–Crippen MR) is 119 cm³/mol. The van der Waals surface area contributed by atoms with Gasteiger partial charge in [0.1, 0.15) is 16.8 Å². The molecule has 3 rings (SSSR count). The number of anilines is 1. The summed E-state index contributed by atoms with van der Waals surface area (Å²) in [6.45, 7) is 10.7. The number of hydrogen-bond acceptors (Lipinski definition) is 4. The fraction of sp³-hybridized carbons (Fsp3) is 0.500. The summed E-state index contributed by atoms with van der Waals surface area (Å²) in [6.07, 6.45) is 3.29. The Morgan fingerprint density at radius 2 is 2.03 bits per heavy atom. The molecule has 0 saturated carbocycles. The van der Waals surface area contributed by atoms with E-state index in [2.05, 4.69) is 39.1 Å². The van der Waals surface area contributed by atoms with Gasteiger partial charge in [-0.2, -0.15) is 5.26 Å². The molecular formula is C24H30N2O2S. The number of benzene rings is 1. The van der Waals surface area contributed by atoms with E-state index in [4.69, 9.17) is 4.74 Å². The van der Waals surface area contributed by atoms with Gasteiger partial charge in [-0.25, -0.2) is 0 Å². The third-order valence-electron chi connectivity index (χ3n) is 5.85. The van der Waals surface area contributed by atoms with E-state index in [1.54, 1.807) is 18.3 Å². The Balaban J connectivity index is 1.71. The molecule has 4 nitrogen and oxygen atoms in total. The fourth-order valence-electron chi connectivity index (χ4n) is 3.81. The van der Waals surface area contributed by atoms with E-state index >= 15 is 0 Å². The number of ether oxygens (including phenoxy) is 1. The van der Waals surface area contributed by atoms with Gasteiger partial charge in [0, 0.05) is 4.88 Å². The largest absolute Gasteiger partial charge is 0.481 e. The molecule has 0 fully saturated rings. The van der Waals surface area contributed by atoms with Gasteiger partial charge in [0.15, 0.2) is 6.10 Å². The molecular weight excluding hydrogens is 380 g/mol. The van der Waals surface area contributed by atoms with Crippen molar-refractivity contribution in [2.24, 2.45) is 11.3 Å². The van der Waals surface area contributed by atoms with Crippen molar-refractivity contribution in [3.8, 4) is 11.8 Å². The molecule has 0 bridgehead atoms. The number of rotatable bonds is 5. The van der Waals surface area contributed by atoms with Crippen LogP contribution in [-0.2, 0) is 24.1 Å². The van der Waals surface area contributed by atoms with Crippen LogP contribution in [0.5, 0.6) is 5.75 Å². The molecule has 2 atom stereocenters. The minimum atomic E-state index is -0.643. The number of aryl methyl sites for hydroxylation is 1. The maximum atomic E-state index is 12.7. The van der Waals surface area contributed by atoms with E-state index in [0.717, 1.165) is 31.2 Å². The molecule has 5 heteroatoms. The smallest absolute Gasteiger partial charge is 0.265 e. The number of carbonyl (C=O) groups is 1. The Labute approximate surface area is 177 Å². The van der Waals surface area contributed by atoms with Gasteiger partial charge in [-0.3, -0.25) is 4.79 Å². The summed E-state index contributed by atoms with van der Waals surface area (Å²) >= 11 is 1.55. The Hall–Kier alpha value is -2.32. The average Bonchev–Trinajstić information content (AvgIpc) is 3.03. The number of hydrogen-bond donors (Lipinski definition) is 1. The highest BCUT2D eigenvalue weighted by Crippen LogP contribution is 2.44. The number of nitriles is 1. The molecule has 0 radical (unpaired) electrons. The van der Waals surface area contributed by atoms with E-state index in [1.165, 1.54) is 10.4 Å². The van der Waals surface area contributed by atoms with Crippen LogP contribution in [0, 0.1) is 22.7 Å². The van der Waals surface area contributed by atoms with Crippen LogP contribution >= 0.6 is 11.3 Å². The zero-order valence-electron chi connectivity index (χ0n) is 18.0. The number of amides is 1. The third-order valence-corrected chi connectivity index (χ3v) is 7.02. The summed E-state index contributed by atoms with van der Waals surface area (Å²) in [7, 11) is 0. The van der Waals surface area contributed by atoms with Gasteiger partial charge in [-0.15, -0.1) is 11.3 Å². The highest BCUT2D eigenvalue weighted by Gasteiger charge is 2.32. The molecule has 154 valence electrons. The third kappa shape index (κ3) is 4.82. The van der Waals surface area contributed by atoms with Crippen molar-refractivity contribution in [1.29, 1.82) is 5.26 Å². The Morgan fingerprint density at radius 3 is 2.62 bits per heavy atom. The quantitative estimate of drug-likeness (QED) is 0.684. The Kier molecular flexibility index (Phi) is 6.33. The molecule has 1 aromatic heterocycles. The van der Waals surface area contributed by atoms with Crippen LogP contribution < -0.4 is 10.1 Å². The number of carbonyl (C=O) groups excluding carboxylic acids is 1. The summed E-state index contributed by atoms with van der Waals surface area (Å²) in [4.78, 5) is 13.9. The second-order valence-electron chi connectivity index (χ2n) is 8.87. The summed E-state index contributed by atoms with van der Waals surface area (Å²) in [5.41, 5.74) is 3.22. The monoisotopic (exact) mass is 410 g/mol. The first-order valence-corrected chi connectivity index (χ1v) is 11.2. The zero-order valence-corrected chi connectivity index (χ0v) is 18.8. The first kappa shape index (κ1) is 21.4. The first-order chi connectivity index (χ1) is 13.7. The molecule has 1 aliphatic rings. The molecule has 1 N–H and O–H groups in total. The molecule has 0 saturated heterocycles. The molecule has 29 heavy (non-hydrogen) atoms. The molecule has 1 aromatic carbocycles. The minimum Gasteiger partial charge on any atom is -0.481 e. The molecule has 0 spiro atoms. The summed E-state index contributed by atoms with van der Waals surface area (Å²) in [5.74, 6) is 1.04. The van der Waals surface area contributed by atoms with Crippen molar-refractivity contribution in [3.63, 3.8) is 0 Å². The fourth-order valence-corrected chi connectivity index (χ4v) is 5.09. The Morgan fingerprint density at radius 1 is 1.34 bits per heavy atom.